The molecule has 0 spiro atoms. The Morgan fingerprint density at radius 2 is 1.88 bits per heavy atom. The van der Waals surface area contributed by atoms with E-state index in [-0.39, 0.29) is 11.8 Å². The number of thiophene rings is 1. The normalized spacial score (nSPS) is 16.1. The molecule has 6 heteroatoms. The van der Waals surface area contributed by atoms with Crippen LogP contribution in [0.15, 0.2) is 17.5 Å². The SMILES string of the molecule is O=C(CO)N1CCN(C(=O)c2cccs2)CC1. The largest absolute Gasteiger partial charge is 0.387 e. The lowest BCUT2D eigenvalue weighted by Gasteiger charge is -2.34. The molecular weight excluding hydrogens is 240 g/mol. The zero-order chi connectivity index (χ0) is 12.3. The monoisotopic (exact) mass is 254 g/mol. The summed E-state index contributed by atoms with van der Waals surface area (Å²) in [5, 5.41) is 10.6. The summed E-state index contributed by atoms with van der Waals surface area (Å²) in [5.41, 5.74) is 0. The lowest BCUT2D eigenvalue weighted by molar-refractivity contribution is -0.135. The van der Waals surface area contributed by atoms with Gasteiger partial charge in [-0.15, -0.1) is 11.3 Å². The summed E-state index contributed by atoms with van der Waals surface area (Å²) in [6.45, 7) is 1.59. The van der Waals surface area contributed by atoms with Gasteiger partial charge in [0.1, 0.15) is 6.61 Å². The van der Waals surface area contributed by atoms with E-state index >= 15 is 0 Å². The van der Waals surface area contributed by atoms with Crippen LogP contribution < -0.4 is 0 Å². The van der Waals surface area contributed by atoms with Gasteiger partial charge in [-0.2, -0.15) is 0 Å². The van der Waals surface area contributed by atoms with Crippen LogP contribution in [-0.2, 0) is 4.79 Å². The second-order valence-corrected chi connectivity index (χ2v) is 4.76. The van der Waals surface area contributed by atoms with Crippen LogP contribution in [0, 0.1) is 0 Å². The van der Waals surface area contributed by atoms with Crippen LogP contribution in [0.25, 0.3) is 0 Å². The molecule has 1 fully saturated rings. The minimum absolute atomic E-state index is 0.0242. The molecule has 2 heterocycles. The van der Waals surface area contributed by atoms with Gasteiger partial charge >= 0.3 is 0 Å². The Balaban J connectivity index is 1.91. The molecule has 0 aromatic carbocycles. The zero-order valence-corrected chi connectivity index (χ0v) is 10.2. The maximum Gasteiger partial charge on any atom is 0.264 e. The lowest BCUT2D eigenvalue weighted by atomic mass is 10.3. The molecular formula is C11H14N2O3S. The molecule has 0 aliphatic carbocycles. The first-order valence-electron chi connectivity index (χ1n) is 5.44. The number of nitrogens with zero attached hydrogens (tertiary/aromatic N) is 2. The number of carbonyl (C=O) groups excluding carboxylic acids is 2. The molecule has 1 N–H and O–H groups in total. The Bertz CT molecular complexity index is 397. The summed E-state index contributed by atoms with van der Waals surface area (Å²) in [5.74, 6) is -0.246. The first-order valence-corrected chi connectivity index (χ1v) is 6.31. The number of aliphatic hydroxyl groups excluding tert-OH is 1. The van der Waals surface area contributed by atoms with Crippen LogP contribution in [0.3, 0.4) is 0 Å². The molecule has 2 rings (SSSR count). The maximum absolute atomic E-state index is 12.0. The van der Waals surface area contributed by atoms with Gasteiger partial charge in [-0.3, -0.25) is 9.59 Å². The van der Waals surface area contributed by atoms with Crippen molar-refractivity contribution < 1.29 is 14.7 Å². The molecule has 1 aliphatic rings. The van der Waals surface area contributed by atoms with E-state index in [1.54, 1.807) is 15.9 Å². The van der Waals surface area contributed by atoms with E-state index in [2.05, 4.69) is 0 Å². The molecule has 1 saturated heterocycles. The summed E-state index contributed by atoms with van der Waals surface area (Å²) in [4.78, 5) is 27.3. The van der Waals surface area contributed by atoms with Gasteiger partial charge in [0.15, 0.2) is 0 Å². The number of aliphatic hydroxyl groups is 1. The molecule has 2 amide bonds. The van der Waals surface area contributed by atoms with E-state index in [9.17, 15) is 9.59 Å². The molecule has 0 radical (unpaired) electrons. The van der Waals surface area contributed by atoms with Crippen molar-refractivity contribution >= 4 is 23.2 Å². The van der Waals surface area contributed by atoms with E-state index in [4.69, 9.17) is 5.11 Å². The van der Waals surface area contributed by atoms with Crippen LogP contribution in [0.5, 0.6) is 0 Å². The van der Waals surface area contributed by atoms with Crippen LogP contribution in [0.1, 0.15) is 9.67 Å². The second kappa shape index (κ2) is 5.29. The first kappa shape index (κ1) is 12.1. The van der Waals surface area contributed by atoms with Gasteiger partial charge < -0.3 is 14.9 Å². The van der Waals surface area contributed by atoms with Crippen molar-refractivity contribution in [3.05, 3.63) is 22.4 Å². The lowest BCUT2D eigenvalue weighted by Crippen LogP contribution is -2.51. The molecule has 92 valence electrons. The molecule has 0 atom stereocenters. The Labute approximate surface area is 103 Å². The standard InChI is InChI=1S/C11H14N2O3S/c14-8-10(15)12-3-5-13(6-4-12)11(16)9-2-1-7-17-9/h1-2,7,14H,3-6,8H2. The number of rotatable bonds is 2. The predicted molar refractivity (Wildman–Crippen MR) is 63.9 cm³/mol. The van der Waals surface area contributed by atoms with Crippen LogP contribution >= 0.6 is 11.3 Å². The highest BCUT2D eigenvalue weighted by molar-refractivity contribution is 7.12. The summed E-state index contributed by atoms with van der Waals surface area (Å²) in [6, 6.07) is 3.65. The number of amides is 2. The van der Waals surface area contributed by atoms with E-state index in [0.29, 0.717) is 26.2 Å². The van der Waals surface area contributed by atoms with E-state index in [1.165, 1.54) is 11.3 Å². The van der Waals surface area contributed by atoms with E-state index < -0.39 is 6.61 Å². The van der Waals surface area contributed by atoms with Gasteiger partial charge in [0.05, 0.1) is 4.88 Å². The number of carbonyl (C=O) groups is 2. The van der Waals surface area contributed by atoms with Gasteiger partial charge in [0.25, 0.3) is 5.91 Å². The number of piperazine rings is 1. The fourth-order valence-electron chi connectivity index (χ4n) is 1.82. The molecule has 5 nitrogen and oxygen atoms in total. The average molecular weight is 254 g/mol. The van der Waals surface area contributed by atoms with Crippen molar-refractivity contribution in [2.75, 3.05) is 32.8 Å². The van der Waals surface area contributed by atoms with Gasteiger partial charge in [-0.1, -0.05) is 6.07 Å². The average Bonchev–Trinajstić information content (AvgIpc) is 2.91. The third-order valence-electron chi connectivity index (χ3n) is 2.79. The highest BCUT2D eigenvalue weighted by Crippen LogP contribution is 2.13. The van der Waals surface area contributed by atoms with Gasteiger partial charge in [-0.25, -0.2) is 0 Å². The molecule has 1 aliphatic heterocycles. The smallest absolute Gasteiger partial charge is 0.264 e. The Kier molecular flexibility index (Phi) is 3.75. The van der Waals surface area contributed by atoms with E-state index in [0.717, 1.165) is 4.88 Å². The van der Waals surface area contributed by atoms with Crippen LogP contribution in [0.4, 0.5) is 0 Å². The van der Waals surface area contributed by atoms with Crippen LogP contribution in [0.2, 0.25) is 0 Å². The second-order valence-electron chi connectivity index (χ2n) is 3.81. The molecule has 1 aromatic heterocycles. The van der Waals surface area contributed by atoms with Crippen molar-refractivity contribution in [2.24, 2.45) is 0 Å². The van der Waals surface area contributed by atoms with Crippen molar-refractivity contribution in [1.29, 1.82) is 0 Å². The van der Waals surface area contributed by atoms with Crippen molar-refractivity contribution in [3.63, 3.8) is 0 Å². The van der Waals surface area contributed by atoms with E-state index in [1.807, 2.05) is 11.4 Å². The summed E-state index contributed by atoms with van der Waals surface area (Å²) in [7, 11) is 0. The molecule has 0 unspecified atom stereocenters. The topological polar surface area (TPSA) is 60.9 Å². The summed E-state index contributed by atoms with van der Waals surface area (Å²) in [6.07, 6.45) is 0. The highest BCUT2D eigenvalue weighted by Gasteiger charge is 2.24. The van der Waals surface area contributed by atoms with Crippen molar-refractivity contribution in [2.45, 2.75) is 0 Å². The summed E-state index contributed by atoms with van der Waals surface area (Å²) < 4.78 is 0. The third kappa shape index (κ3) is 2.65. The Morgan fingerprint density at radius 3 is 2.41 bits per heavy atom. The van der Waals surface area contributed by atoms with Gasteiger partial charge in [-0.05, 0) is 11.4 Å². The Morgan fingerprint density at radius 1 is 1.24 bits per heavy atom. The molecule has 17 heavy (non-hydrogen) atoms. The van der Waals surface area contributed by atoms with Crippen molar-refractivity contribution in [3.8, 4) is 0 Å². The fourth-order valence-corrected chi connectivity index (χ4v) is 2.51. The molecule has 1 aromatic rings. The quantitative estimate of drug-likeness (QED) is 0.809. The highest BCUT2D eigenvalue weighted by atomic mass is 32.1. The zero-order valence-electron chi connectivity index (χ0n) is 9.33. The Hall–Kier alpha value is -1.40. The fraction of sp³-hybridized carbons (Fsp3) is 0.455. The third-order valence-corrected chi connectivity index (χ3v) is 3.64. The number of hydrogen-bond donors (Lipinski definition) is 1. The van der Waals surface area contributed by atoms with Crippen molar-refractivity contribution in [1.82, 2.24) is 9.80 Å². The summed E-state index contributed by atoms with van der Waals surface area (Å²) >= 11 is 1.42. The maximum atomic E-state index is 12.0. The van der Waals surface area contributed by atoms with Gasteiger partial charge in [0, 0.05) is 26.2 Å². The molecule has 0 bridgehead atoms. The minimum Gasteiger partial charge on any atom is -0.387 e. The first-order chi connectivity index (χ1) is 8.22. The van der Waals surface area contributed by atoms with Crippen LogP contribution in [-0.4, -0.2) is 59.5 Å². The molecule has 0 saturated carbocycles. The predicted octanol–water partition coefficient (Wildman–Crippen LogP) is 0.0248. The van der Waals surface area contributed by atoms with Gasteiger partial charge in [0.2, 0.25) is 5.91 Å². The number of hydrogen-bond acceptors (Lipinski definition) is 4. The minimum atomic E-state index is -0.459.